The Morgan fingerprint density at radius 1 is 1.44 bits per heavy atom. The number of β-lactam (4-membered cyclic amide) rings is 1. The summed E-state index contributed by atoms with van der Waals surface area (Å²) in [5.41, 5.74) is -0.0475. The molecule has 0 saturated carbocycles. The summed E-state index contributed by atoms with van der Waals surface area (Å²) in [5, 5.41) is 17.5. The van der Waals surface area contributed by atoms with Gasteiger partial charge in [-0.1, -0.05) is 44.9 Å². The molecule has 0 radical (unpaired) electrons. The number of rotatable bonds is 4. The summed E-state index contributed by atoms with van der Waals surface area (Å²) in [5.74, 6) is -1.33. The summed E-state index contributed by atoms with van der Waals surface area (Å²) in [6.45, 7) is 4.11. The summed E-state index contributed by atoms with van der Waals surface area (Å²) < 4.78 is 0. The normalized spacial score (nSPS) is 21.2. The maximum atomic E-state index is 11.0. The number of fused-ring (bicyclic) bond motifs is 1. The SMILES string of the molecule is CCCCC.O=C(O)C1=C(CO)SC2CC(=O)N12. The number of aliphatic hydroxyl groups excluding tert-OH is 1. The van der Waals surface area contributed by atoms with Crippen molar-refractivity contribution in [2.24, 2.45) is 0 Å². The highest BCUT2D eigenvalue weighted by atomic mass is 32.2. The lowest BCUT2D eigenvalue weighted by atomic mass is 10.1. The van der Waals surface area contributed by atoms with Gasteiger partial charge in [0.15, 0.2) is 0 Å². The third-order valence-electron chi connectivity index (χ3n) is 2.74. The summed E-state index contributed by atoms with van der Waals surface area (Å²) in [6.07, 6.45) is 4.44. The number of carboxylic acids is 1. The molecule has 1 saturated heterocycles. The Hall–Kier alpha value is -1.01. The number of carbonyl (C=O) groups is 2. The predicted molar refractivity (Wildman–Crippen MR) is 69.8 cm³/mol. The summed E-state index contributed by atoms with van der Waals surface area (Å²) in [7, 11) is 0. The lowest BCUT2D eigenvalue weighted by Crippen LogP contribution is -2.48. The number of amides is 1. The van der Waals surface area contributed by atoms with Crippen molar-refractivity contribution in [2.75, 3.05) is 6.61 Å². The van der Waals surface area contributed by atoms with Crippen LogP contribution in [0.1, 0.15) is 39.5 Å². The monoisotopic (exact) mass is 273 g/mol. The Bertz CT molecular complexity index is 365. The average molecular weight is 273 g/mol. The summed E-state index contributed by atoms with van der Waals surface area (Å²) in [6, 6.07) is 0. The van der Waals surface area contributed by atoms with E-state index in [1.165, 1.54) is 35.9 Å². The average Bonchev–Trinajstić information content (AvgIpc) is 2.63. The number of hydrogen-bond acceptors (Lipinski definition) is 4. The Kier molecular flexibility index (Phi) is 5.68. The molecule has 0 aliphatic carbocycles. The molecule has 6 heteroatoms. The number of hydrogen-bond donors (Lipinski definition) is 2. The number of carboxylic acid groups (broad SMARTS) is 1. The van der Waals surface area contributed by atoms with Gasteiger partial charge in [-0.3, -0.25) is 9.69 Å². The molecule has 2 rings (SSSR count). The van der Waals surface area contributed by atoms with Crippen LogP contribution in [-0.4, -0.2) is 39.0 Å². The zero-order chi connectivity index (χ0) is 13.7. The van der Waals surface area contributed by atoms with Crippen molar-refractivity contribution in [1.29, 1.82) is 0 Å². The van der Waals surface area contributed by atoms with Crippen molar-refractivity contribution < 1.29 is 19.8 Å². The molecule has 0 aromatic carbocycles. The molecular weight excluding hydrogens is 254 g/mol. The largest absolute Gasteiger partial charge is 0.477 e. The molecule has 1 amide bonds. The lowest BCUT2D eigenvalue weighted by molar-refractivity contribution is -0.145. The van der Waals surface area contributed by atoms with Crippen LogP contribution in [0, 0.1) is 0 Å². The first kappa shape index (κ1) is 15.0. The van der Waals surface area contributed by atoms with Crippen LogP contribution in [-0.2, 0) is 9.59 Å². The number of carbonyl (C=O) groups excluding carboxylic acids is 1. The van der Waals surface area contributed by atoms with Crippen molar-refractivity contribution >= 4 is 23.6 Å². The highest BCUT2D eigenvalue weighted by Gasteiger charge is 2.48. The van der Waals surface area contributed by atoms with E-state index >= 15 is 0 Å². The van der Waals surface area contributed by atoms with Crippen molar-refractivity contribution in [3.05, 3.63) is 10.6 Å². The first-order chi connectivity index (χ1) is 8.56. The molecule has 2 aliphatic heterocycles. The molecule has 0 bridgehead atoms. The smallest absolute Gasteiger partial charge is 0.353 e. The third kappa shape index (κ3) is 3.05. The zero-order valence-corrected chi connectivity index (χ0v) is 11.5. The van der Waals surface area contributed by atoms with Crippen molar-refractivity contribution in [2.45, 2.75) is 44.9 Å². The molecule has 1 unspecified atom stereocenters. The van der Waals surface area contributed by atoms with Gasteiger partial charge in [0, 0.05) is 4.91 Å². The van der Waals surface area contributed by atoms with E-state index in [-0.39, 0.29) is 23.6 Å². The van der Waals surface area contributed by atoms with Crippen LogP contribution in [0.4, 0.5) is 0 Å². The van der Waals surface area contributed by atoms with E-state index in [0.717, 1.165) is 0 Å². The molecule has 1 atom stereocenters. The zero-order valence-electron chi connectivity index (χ0n) is 10.7. The summed E-state index contributed by atoms with van der Waals surface area (Å²) in [4.78, 5) is 23.4. The number of aliphatic carboxylic acids is 1. The maximum absolute atomic E-state index is 11.0. The van der Waals surface area contributed by atoms with Gasteiger partial charge >= 0.3 is 5.97 Å². The van der Waals surface area contributed by atoms with Crippen LogP contribution >= 0.6 is 11.8 Å². The number of unbranched alkanes of at least 4 members (excludes halogenated alkanes) is 2. The van der Waals surface area contributed by atoms with Gasteiger partial charge < -0.3 is 10.2 Å². The van der Waals surface area contributed by atoms with Gasteiger partial charge in [-0.05, 0) is 0 Å². The second kappa shape index (κ2) is 6.80. The number of aliphatic hydroxyl groups is 1. The molecule has 102 valence electrons. The Balaban J connectivity index is 0.000000280. The quantitative estimate of drug-likeness (QED) is 0.763. The van der Waals surface area contributed by atoms with E-state index in [0.29, 0.717) is 11.3 Å². The van der Waals surface area contributed by atoms with Crippen LogP contribution in [0.15, 0.2) is 10.6 Å². The minimum atomic E-state index is -1.15. The van der Waals surface area contributed by atoms with E-state index in [1.807, 2.05) is 0 Å². The second-order valence-corrected chi connectivity index (χ2v) is 5.40. The van der Waals surface area contributed by atoms with Crippen molar-refractivity contribution in [1.82, 2.24) is 4.90 Å². The second-order valence-electron chi connectivity index (χ2n) is 4.13. The van der Waals surface area contributed by atoms with Gasteiger partial charge in [-0.25, -0.2) is 4.79 Å². The van der Waals surface area contributed by atoms with Crippen LogP contribution in [0.3, 0.4) is 0 Å². The van der Waals surface area contributed by atoms with Gasteiger partial charge in [-0.2, -0.15) is 0 Å². The first-order valence-corrected chi connectivity index (χ1v) is 7.00. The van der Waals surface area contributed by atoms with Crippen LogP contribution in [0.5, 0.6) is 0 Å². The molecule has 0 aromatic rings. The highest BCUT2D eigenvalue weighted by molar-refractivity contribution is 8.04. The fourth-order valence-electron chi connectivity index (χ4n) is 1.79. The third-order valence-corrected chi connectivity index (χ3v) is 4.00. The van der Waals surface area contributed by atoms with E-state index in [2.05, 4.69) is 13.8 Å². The Labute approximate surface area is 111 Å². The fourth-order valence-corrected chi connectivity index (χ4v) is 3.05. The standard InChI is InChI=1S/C7H7NO4S.C5H12/c9-2-3-6(7(11)12)8-4(10)1-5(8)13-3;1-3-5-4-2/h5,9H,1-2H2,(H,11,12);3-5H2,1-2H3. The molecule has 2 aliphatic rings. The first-order valence-electron chi connectivity index (χ1n) is 6.12. The van der Waals surface area contributed by atoms with E-state index < -0.39 is 5.97 Å². The predicted octanol–water partition coefficient (Wildman–Crippen LogP) is 1.78. The molecular formula is C12H19NO4S. The molecule has 0 spiro atoms. The van der Waals surface area contributed by atoms with Crippen LogP contribution in [0.2, 0.25) is 0 Å². The highest BCUT2D eigenvalue weighted by Crippen LogP contribution is 2.45. The molecule has 5 nitrogen and oxygen atoms in total. The summed E-state index contributed by atoms with van der Waals surface area (Å²) >= 11 is 1.25. The Morgan fingerprint density at radius 3 is 2.39 bits per heavy atom. The maximum Gasteiger partial charge on any atom is 0.353 e. The van der Waals surface area contributed by atoms with E-state index in [4.69, 9.17) is 10.2 Å². The minimum Gasteiger partial charge on any atom is -0.477 e. The molecule has 0 aromatic heterocycles. The number of thioether (sulfide) groups is 1. The molecule has 2 N–H and O–H groups in total. The number of nitrogens with zero attached hydrogens (tertiary/aromatic N) is 1. The van der Waals surface area contributed by atoms with Gasteiger partial charge in [0.05, 0.1) is 18.4 Å². The van der Waals surface area contributed by atoms with Crippen LogP contribution < -0.4 is 0 Å². The Morgan fingerprint density at radius 2 is 2.06 bits per heavy atom. The van der Waals surface area contributed by atoms with Crippen molar-refractivity contribution in [3.8, 4) is 0 Å². The van der Waals surface area contributed by atoms with Gasteiger partial charge in [0.25, 0.3) is 0 Å². The van der Waals surface area contributed by atoms with Gasteiger partial charge in [-0.15, -0.1) is 0 Å². The molecule has 2 heterocycles. The minimum absolute atomic E-state index is 0.0475. The lowest BCUT2D eigenvalue weighted by Gasteiger charge is -2.33. The molecule has 18 heavy (non-hydrogen) atoms. The fraction of sp³-hybridized carbons (Fsp3) is 0.667. The topological polar surface area (TPSA) is 77.8 Å². The van der Waals surface area contributed by atoms with Crippen LogP contribution in [0.25, 0.3) is 0 Å². The van der Waals surface area contributed by atoms with E-state index in [9.17, 15) is 9.59 Å². The van der Waals surface area contributed by atoms with Gasteiger partial charge in [0.1, 0.15) is 5.70 Å². The van der Waals surface area contributed by atoms with Crippen molar-refractivity contribution in [3.63, 3.8) is 0 Å². The molecule has 1 fully saturated rings. The van der Waals surface area contributed by atoms with E-state index in [1.54, 1.807) is 0 Å². The van der Waals surface area contributed by atoms with Gasteiger partial charge in [0.2, 0.25) is 5.91 Å².